The maximum atomic E-state index is 14.0. The van der Waals surface area contributed by atoms with Gasteiger partial charge in [-0.3, -0.25) is 0 Å². The Morgan fingerprint density at radius 2 is 1.90 bits per heavy atom. The highest BCUT2D eigenvalue weighted by Crippen LogP contribution is 2.38. The molecule has 0 aromatic heterocycles. The average molecular weight is 440 g/mol. The molecule has 0 saturated carbocycles. The van der Waals surface area contributed by atoms with E-state index in [0.717, 1.165) is 6.42 Å². The van der Waals surface area contributed by atoms with Crippen molar-refractivity contribution in [3.05, 3.63) is 35.1 Å². The molecule has 1 aromatic rings. The van der Waals surface area contributed by atoms with Crippen molar-refractivity contribution in [1.29, 1.82) is 0 Å². The molecular formula is C23H38FNO4Si. The van der Waals surface area contributed by atoms with E-state index < -0.39 is 32.2 Å². The van der Waals surface area contributed by atoms with Crippen molar-refractivity contribution in [3.63, 3.8) is 0 Å². The van der Waals surface area contributed by atoms with Crippen LogP contribution in [-0.4, -0.2) is 42.6 Å². The lowest BCUT2D eigenvalue weighted by atomic mass is 9.96. The van der Waals surface area contributed by atoms with Crippen LogP contribution in [0, 0.1) is 5.82 Å². The monoisotopic (exact) mass is 439 g/mol. The SMILES string of the molecule is CC(C)(C)OC(=O)N1CCC[C@H]1[C@@H](O)c1ccc(F)cc1CO[Si](C)(C)C(C)(C)C. The molecule has 1 heterocycles. The van der Waals surface area contributed by atoms with E-state index in [0.29, 0.717) is 24.1 Å². The molecule has 30 heavy (non-hydrogen) atoms. The number of likely N-dealkylation sites (tertiary alicyclic amines) is 1. The summed E-state index contributed by atoms with van der Waals surface area (Å²) in [6.45, 7) is 17.0. The van der Waals surface area contributed by atoms with Gasteiger partial charge >= 0.3 is 6.09 Å². The van der Waals surface area contributed by atoms with Gasteiger partial charge in [0.05, 0.1) is 18.8 Å². The molecule has 0 radical (unpaired) electrons. The largest absolute Gasteiger partial charge is 0.444 e. The Hall–Kier alpha value is -1.44. The molecule has 2 atom stereocenters. The zero-order chi connectivity index (χ0) is 22.9. The fraction of sp³-hybridized carbons (Fsp3) is 0.696. The number of ether oxygens (including phenoxy) is 1. The second kappa shape index (κ2) is 8.97. The van der Waals surface area contributed by atoms with E-state index in [9.17, 15) is 14.3 Å². The summed E-state index contributed by atoms with van der Waals surface area (Å²) in [6, 6.07) is 3.98. The fourth-order valence-electron chi connectivity index (χ4n) is 3.34. The van der Waals surface area contributed by atoms with Crippen LogP contribution in [0.5, 0.6) is 0 Å². The summed E-state index contributed by atoms with van der Waals surface area (Å²) in [4.78, 5) is 14.2. The van der Waals surface area contributed by atoms with Crippen molar-refractivity contribution in [3.8, 4) is 0 Å². The van der Waals surface area contributed by atoms with Gasteiger partial charge in [0.1, 0.15) is 11.4 Å². The molecule has 1 saturated heterocycles. The van der Waals surface area contributed by atoms with Gasteiger partial charge in [0.25, 0.3) is 0 Å². The Kier molecular flexibility index (Phi) is 7.42. The van der Waals surface area contributed by atoms with Crippen LogP contribution in [0.1, 0.15) is 71.6 Å². The van der Waals surface area contributed by atoms with Gasteiger partial charge in [0.15, 0.2) is 8.32 Å². The predicted octanol–water partition coefficient (Wildman–Crippen LogP) is 5.78. The number of carbonyl (C=O) groups excluding carboxylic acids is 1. The highest BCUT2D eigenvalue weighted by molar-refractivity contribution is 6.74. The normalized spacial score (nSPS) is 19.1. The van der Waals surface area contributed by atoms with Crippen LogP contribution in [0.15, 0.2) is 18.2 Å². The number of carbonyl (C=O) groups is 1. The fourth-order valence-corrected chi connectivity index (χ4v) is 4.29. The van der Waals surface area contributed by atoms with Gasteiger partial charge in [-0.2, -0.15) is 0 Å². The Morgan fingerprint density at radius 3 is 2.47 bits per heavy atom. The molecule has 0 aliphatic carbocycles. The first-order valence-electron chi connectivity index (χ1n) is 10.7. The van der Waals surface area contributed by atoms with Crippen LogP contribution in [0.2, 0.25) is 18.1 Å². The molecule has 1 N–H and O–H groups in total. The summed E-state index contributed by atoms with van der Waals surface area (Å²) in [5, 5.41) is 11.2. The van der Waals surface area contributed by atoms with E-state index in [1.165, 1.54) is 12.1 Å². The first kappa shape index (κ1) is 24.8. The summed E-state index contributed by atoms with van der Waals surface area (Å²) in [5.41, 5.74) is 0.631. The van der Waals surface area contributed by atoms with Crippen molar-refractivity contribution in [2.45, 2.75) is 96.9 Å². The number of hydrogen-bond donors (Lipinski definition) is 1. The minimum absolute atomic E-state index is 0.0259. The minimum Gasteiger partial charge on any atom is -0.444 e. The number of benzene rings is 1. The van der Waals surface area contributed by atoms with E-state index >= 15 is 0 Å². The molecule has 1 amide bonds. The number of amides is 1. The molecule has 0 spiro atoms. The lowest BCUT2D eigenvalue weighted by Gasteiger charge is -2.36. The average Bonchev–Trinajstić information content (AvgIpc) is 3.07. The van der Waals surface area contributed by atoms with Crippen molar-refractivity contribution < 1.29 is 23.5 Å². The molecule has 2 rings (SSSR count). The van der Waals surface area contributed by atoms with E-state index in [-0.39, 0.29) is 17.5 Å². The van der Waals surface area contributed by atoms with E-state index in [1.54, 1.807) is 11.0 Å². The molecule has 170 valence electrons. The number of nitrogens with zero attached hydrogens (tertiary/aromatic N) is 1. The summed E-state index contributed by atoms with van der Waals surface area (Å²) in [5.74, 6) is -0.366. The molecule has 7 heteroatoms. The Labute approximate surface area is 181 Å². The first-order chi connectivity index (χ1) is 13.6. The van der Waals surface area contributed by atoms with Crippen LogP contribution in [0.4, 0.5) is 9.18 Å². The van der Waals surface area contributed by atoms with E-state index in [1.807, 2.05) is 20.8 Å². The predicted molar refractivity (Wildman–Crippen MR) is 119 cm³/mol. The smallest absolute Gasteiger partial charge is 0.410 e. The minimum atomic E-state index is -2.04. The molecule has 0 bridgehead atoms. The van der Waals surface area contributed by atoms with Gasteiger partial charge in [-0.1, -0.05) is 26.8 Å². The van der Waals surface area contributed by atoms with Crippen molar-refractivity contribution >= 4 is 14.4 Å². The Balaban J connectivity index is 2.25. The lowest BCUT2D eigenvalue weighted by Crippen LogP contribution is -2.43. The maximum Gasteiger partial charge on any atom is 0.410 e. The number of aliphatic hydroxyl groups is 1. The second-order valence-corrected chi connectivity index (χ2v) is 15.5. The Morgan fingerprint density at radius 1 is 1.27 bits per heavy atom. The van der Waals surface area contributed by atoms with Gasteiger partial charge in [0, 0.05) is 6.54 Å². The molecule has 1 fully saturated rings. The van der Waals surface area contributed by atoms with E-state index in [4.69, 9.17) is 9.16 Å². The topological polar surface area (TPSA) is 59.0 Å². The van der Waals surface area contributed by atoms with Gasteiger partial charge < -0.3 is 19.2 Å². The third kappa shape index (κ3) is 6.05. The quantitative estimate of drug-likeness (QED) is 0.591. The highest BCUT2D eigenvalue weighted by atomic mass is 28.4. The van der Waals surface area contributed by atoms with E-state index in [2.05, 4.69) is 33.9 Å². The molecule has 0 unspecified atom stereocenters. The van der Waals surface area contributed by atoms with Gasteiger partial charge in [0.2, 0.25) is 0 Å². The van der Waals surface area contributed by atoms with Gasteiger partial charge in [-0.05, 0) is 75.0 Å². The number of halogens is 1. The highest BCUT2D eigenvalue weighted by Gasteiger charge is 2.39. The summed E-state index contributed by atoms with van der Waals surface area (Å²) < 4.78 is 25.8. The number of rotatable bonds is 5. The summed E-state index contributed by atoms with van der Waals surface area (Å²) in [6.07, 6.45) is 0.0991. The molecule has 1 aromatic carbocycles. The third-order valence-corrected chi connectivity index (χ3v) is 10.6. The van der Waals surface area contributed by atoms with Crippen LogP contribution in [-0.2, 0) is 15.8 Å². The van der Waals surface area contributed by atoms with Crippen molar-refractivity contribution in [1.82, 2.24) is 4.90 Å². The van der Waals surface area contributed by atoms with Crippen LogP contribution < -0.4 is 0 Å². The zero-order valence-corrected chi connectivity index (χ0v) is 20.7. The summed E-state index contributed by atoms with van der Waals surface area (Å²) >= 11 is 0. The van der Waals surface area contributed by atoms with Crippen molar-refractivity contribution in [2.24, 2.45) is 0 Å². The molecule has 1 aliphatic rings. The standard InChI is InChI=1S/C23H38FNO4Si/c1-22(2,3)29-21(27)25-13-9-10-19(25)20(26)18-12-11-17(24)14-16(18)15-28-30(7,8)23(4,5)6/h11-12,14,19-20,26H,9-10,13,15H2,1-8H3/t19-,20-/m0/s1. The third-order valence-electron chi connectivity index (χ3n) is 6.11. The second-order valence-electron chi connectivity index (χ2n) is 10.7. The molecule has 5 nitrogen and oxygen atoms in total. The van der Waals surface area contributed by atoms with Crippen LogP contribution in [0.25, 0.3) is 0 Å². The van der Waals surface area contributed by atoms with Gasteiger partial charge in [-0.15, -0.1) is 0 Å². The van der Waals surface area contributed by atoms with Crippen molar-refractivity contribution in [2.75, 3.05) is 6.54 Å². The first-order valence-corrected chi connectivity index (χ1v) is 13.6. The molecule has 1 aliphatic heterocycles. The zero-order valence-electron chi connectivity index (χ0n) is 19.7. The maximum absolute atomic E-state index is 14.0. The number of aliphatic hydroxyl groups excluding tert-OH is 1. The summed E-state index contributed by atoms with van der Waals surface area (Å²) in [7, 11) is -2.04. The van der Waals surface area contributed by atoms with Gasteiger partial charge in [-0.25, -0.2) is 9.18 Å². The number of hydrogen-bond acceptors (Lipinski definition) is 4. The van der Waals surface area contributed by atoms with Crippen LogP contribution in [0.3, 0.4) is 0 Å². The molecular weight excluding hydrogens is 401 g/mol. The Bertz CT molecular complexity index is 755. The van der Waals surface area contributed by atoms with Crippen LogP contribution >= 0.6 is 0 Å². The lowest BCUT2D eigenvalue weighted by molar-refractivity contribution is 0.00462.